The van der Waals surface area contributed by atoms with E-state index in [1.807, 2.05) is 0 Å². The van der Waals surface area contributed by atoms with Gasteiger partial charge in [0.05, 0.1) is 0 Å². The van der Waals surface area contributed by atoms with Crippen LogP contribution in [0.5, 0.6) is 0 Å². The highest BCUT2D eigenvalue weighted by Crippen LogP contribution is 2.13. The highest BCUT2D eigenvalue weighted by atomic mass is 79.9. The van der Waals surface area contributed by atoms with E-state index in [9.17, 15) is 8.42 Å². The molecule has 1 aromatic rings. The summed E-state index contributed by atoms with van der Waals surface area (Å²) in [7, 11) is -3.47. The molecule has 0 aliphatic carbocycles. The van der Waals surface area contributed by atoms with Crippen LogP contribution in [0.2, 0.25) is 0 Å². The van der Waals surface area contributed by atoms with Crippen LogP contribution in [0.15, 0.2) is 27.8 Å². The highest BCUT2D eigenvalue weighted by Gasteiger charge is 2.13. The Bertz CT molecular complexity index is 412. The van der Waals surface area contributed by atoms with Gasteiger partial charge in [0.15, 0.2) is 0 Å². The Morgan fingerprint density at radius 1 is 1.47 bits per heavy atom. The zero-order valence-electron chi connectivity index (χ0n) is 7.68. The molecule has 0 radical (unpaired) electrons. The van der Waals surface area contributed by atoms with Gasteiger partial charge < -0.3 is 5.73 Å². The molecule has 0 bridgehead atoms. The molecular weight excluding hydrogens is 306 g/mol. The largest absolute Gasteiger partial charge is 0.329 e. The van der Waals surface area contributed by atoms with Crippen molar-refractivity contribution in [3.8, 4) is 0 Å². The van der Waals surface area contributed by atoms with Crippen molar-refractivity contribution in [3.05, 3.63) is 22.9 Å². The van der Waals surface area contributed by atoms with Crippen molar-refractivity contribution in [2.75, 3.05) is 13.1 Å². The van der Waals surface area contributed by atoms with E-state index < -0.39 is 10.0 Å². The second kappa shape index (κ2) is 6.39. The first-order valence-corrected chi connectivity index (χ1v) is 6.14. The Kier molecular flexibility index (Phi) is 6.30. The molecule has 0 aliphatic heterocycles. The van der Waals surface area contributed by atoms with Gasteiger partial charge >= 0.3 is 0 Å². The van der Waals surface area contributed by atoms with Gasteiger partial charge in [-0.25, -0.2) is 13.1 Å². The molecule has 0 spiro atoms. The van der Waals surface area contributed by atoms with Gasteiger partial charge in [-0.2, -0.15) is 0 Å². The van der Waals surface area contributed by atoms with Gasteiger partial charge in [0.25, 0.3) is 0 Å². The van der Waals surface area contributed by atoms with Gasteiger partial charge in [0, 0.05) is 30.0 Å². The fourth-order valence-corrected chi connectivity index (χ4v) is 2.37. The molecule has 15 heavy (non-hydrogen) atoms. The molecule has 0 aromatic carbocycles. The monoisotopic (exact) mass is 315 g/mol. The van der Waals surface area contributed by atoms with Crippen LogP contribution in [-0.4, -0.2) is 26.5 Å². The Hall–Kier alpha value is -0.210. The number of sulfonamides is 1. The molecule has 0 fully saturated rings. The molecule has 0 unspecified atom stereocenters. The second-order valence-electron chi connectivity index (χ2n) is 2.53. The molecule has 86 valence electrons. The van der Waals surface area contributed by atoms with Gasteiger partial charge in [0.2, 0.25) is 10.0 Å². The van der Waals surface area contributed by atoms with Gasteiger partial charge in [-0.1, -0.05) is 0 Å². The van der Waals surface area contributed by atoms with E-state index in [0.717, 1.165) is 0 Å². The summed E-state index contributed by atoms with van der Waals surface area (Å²) in [5.41, 5.74) is 5.19. The van der Waals surface area contributed by atoms with Crippen molar-refractivity contribution in [1.82, 2.24) is 9.71 Å². The molecule has 1 heterocycles. The van der Waals surface area contributed by atoms with Gasteiger partial charge in [-0.15, -0.1) is 12.4 Å². The Balaban J connectivity index is 0.00000196. The summed E-state index contributed by atoms with van der Waals surface area (Å²) < 4.78 is 26.0. The maximum Gasteiger partial charge on any atom is 0.242 e. The quantitative estimate of drug-likeness (QED) is 0.847. The van der Waals surface area contributed by atoms with E-state index >= 15 is 0 Å². The van der Waals surface area contributed by atoms with Crippen LogP contribution >= 0.6 is 28.3 Å². The zero-order valence-corrected chi connectivity index (χ0v) is 10.9. The lowest BCUT2D eigenvalue weighted by Crippen LogP contribution is -2.29. The SMILES string of the molecule is Cl.NCCNS(=O)(=O)c1cncc(Br)c1. The number of rotatable bonds is 4. The van der Waals surface area contributed by atoms with Crippen LogP contribution < -0.4 is 10.5 Å². The smallest absolute Gasteiger partial charge is 0.242 e. The number of hydrogen-bond donors (Lipinski definition) is 2. The minimum Gasteiger partial charge on any atom is -0.329 e. The lowest BCUT2D eigenvalue weighted by molar-refractivity contribution is 0.581. The number of nitrogens with zero attached hydrogens (tertiary/aromatic N) is 1. The summed E-state index contributed by atoms with van der Waals surface area (Å²) in [5, 5.41) is 0. The number of nitrogens with one attached hydrogen (secondary N) is 1. The fourth-order valence-electron chi connectivity index (χ4n) is 0.816. The molecule has 0 aliphatic rings. The Labute approximate surface area is 103 Å². The van der Waals surface area contributed by atoms with E-state index in [1.165, 1.54) is 18.5 Å². The second-order valence-corrected chi connectivity index (χ2v) is 5.21. The minimum atomic E-state index is -3.47. The van der Waals surface area contributed by atoms with Gasteiger partial charge in [-0.05, 0) is 22.0 Å². The lowest BCUT2D eigenvalue weighted by atomic mass is 10.5. The fraction of sp³-hybridized carbons (Fsp3) is 0.286. The Morgan fingerprint density at radius 3 is 2.67 bits per heavy atom. The van der Waals surface area contributed by atoms with Crippen molar-refractivity contribution in [2.24, 2.45) is 5.73 Å². The predicted octanol–water partition coefficient (Wildman–Crippen LogP) is 0.503. The normalized spacial score (nSPS) is 10.8. The van der Waals surface area contributed by atoms with Crippen molar-refractivity contribution in [1.29, 1.82) is 0 Å². The molecule has 1 rings (SSSR count). The van der Waals surface area contributed by atoms with Gasteiger partial charge in [0.1, 0.15) is 4.90 Å². The van der Waals surface area contributed by atoms with E-state index in [1.54, 1.807) is 0 Å². The van der Waals surface area contributed by atoms with Crippen LogP contribution in [-0.2, 0) is 10.0 Å². The molecule has 0 atom stereocenters. The Morgan fingerprint density at radius 2 is 2.13 bits per heavy atom. The standard InChI is InChI=1S/C7H10BrN3O2S.ClH/c8-6-3-7(5-10-4-6)14(12,13)11-2-1-9;/h3-5,11H,1-2,9H2;1H. The van der Waals surface area contributed by atoms with E-state index in [-0.39, 0.29) is 30.4 Å². The third kappa shape index (κ3) is 4.43. The molecule has 0 amide bonds. The average Bonchev–Trinajstić information content (AvgIpc) is 2.15. The number of pyridine rings is 1. The first kappa shape index (κ1) is 14.8. The highest BCUT2D eigenvalue weighted by molar-refractivity contribution is 9.10. The summed E-state index contributed by atoms with van der Waals surface area (Å²) in [6, 6.07) is 1.48. The number of aromatic nitrogens is 1. The first-order chi connectivity index (χ1) is 6.56. The predicted molar refractivity (Wildman–Crippen MR) is 63.4 cm³/mol. The first-order valence-electron chi connectivity index (χ1n) is 3.86. The molecule has 8 heteroatoms. The zero-order chi connectivity index (χ0) is 10.6. The maximum absolute atomic E-state index is 11.5. The molecule has 1 aromatic heterocycles. The molecule has 3 N–H and O–H groups in total. The van der Waals surface area contributed by atoms with Crippen LogP contribution in [0.3, 0.4) is 0 Å². The van der Waals surface area contributed by atoms with Crippen LogP contribution in [0.25, 0.3) is 0 Å². The molecule has 5 nitrogen and oxygen atoms in total. The molecule has 0 saturated heterocycles. The van der Waals surface area contributed by atoms with Crippen LogP contribution in [0.1, 0.15) is 0 Å². The van der Waals surface area contributed by atoms with E-state index in [0.29, 0.717) is 4.47 Å². The van der Waals surface area contributed by atoms with E-state index in [2.05, 4.69) is 25.6 Å². The van der Waals surface area contributed by atoms with Gasteiger partial charge in [-0.3, -0.25) is 4.98 Å². The van der Waals surface area contributed by atoms with E-state index in [4.69, 9.17) is 5.73 Å². The summed E-state index contributed by atoms with van der Waals surface area (Å²) in [6.45, 7) is 0.482. The van der Waals surface area contributed by atoms with Crippen LogP contribution in [0.4, 0.5) is 0 Å². The molecule has 0 saturated carbocycles. The van der Waals surface area contributed by atoms with Crippen LogP contribution in [0, 0.1) is 0 Å². The van der Waals surface area contributed by atoms with Crippen molar-refractivity contribution in [2.45, 2.75) is 4.90 Å². The maximum atomic E-state index is 11.5. The summed E-state index contributed by atoms with van der Waals surface area (Å²) in [6.07, 6.45) is 2.80. The van der Waals surface area contributed by atoms with Crippen molar-refractivity contribution in [3.63, 3.8) is 0 Å². The molecular formula is C7H11BrClN3O2S. The topological polar surface area (TPSA) is 85.1 Å². The summed E-state index contributed by atoms with van der Waals surface area (Å²) in [5.74, 6) is 0. The number of hydrogen-bond acceptors (Lipinski definition) is 4. The minimum absolute atomic E-state index is 0. The average molecular weight is 317 g/mol. The summed E-state index contributed by atoms with van der Waals surface area (Å²) in [4.78, 5) is 3.89. The number of nitrogens with two attached hydrogens (primary N) is 1. The third-order valence-corrected chi connectivity index (χ3v) is 3.29. The number of halogens is 2. The summed E-state index contributed by atoms with van der Waals surface area (Å²) >= 11 is 3.14. The lowest BCUT2D eigenvalue weighted by Gasteiger charge is -2.04. The van der Waals surface area contributed by atoms with Crippen molar-refractivity contribution < 1.29 is 8.42 Å². The van der Waals surface area contributed by atoms with Crippen molar-refractivity contribution >= 4 is 38.4 Å². The third-order valence-electron chi connectivity index (χ3n) is 1.43.